The molecule has 0 saturated carbocycles. The molecule has 2 aliphatic rings. The molecule has 0 spiro atoms. The number of carbonyl (C=O) groups excluding carboxylic acids is 1. The molecule has 0 radical (unpaired) electrons. The minimum Gasteiger partial charge on any atom is -0.468 e. The summed E-state index contributed by atoms with van der Waals surface area (Å²) in [5.74, 6) is -0.389. The highest BCUT2D eigenvalue weighted by atomic mass is 19.4. The van der Waals surface area contributed by atoms with E-state index in [1.54, 1.807) is 24.3 Å². The number of aromatic nitrogens is 4. The number of hydrogen-bond acceptors (Lipinski definition) is 8. The first-order valence-electron chi connectivity index (χ1n) is 8.99. The van der Waals surface area contributed by atoms with Crippen LogP contribution in [0.25, 0.3) is 11.4 Å². The molecular weight excluding hydrogens is 391 g/mol. The first-order valence-corrected chi connectivity index (χ1v) is 8.99. The van der Waals surface area contributed by atoms with Crippen molar-refractivity contribution < 1.29 is 22.7 Å². The number of halogens is 3. The van der Waals surface area contributed by atoms with Gasteiger partial charge in [-0.25, -0.2) is 4.79 Å². The first-order chi connectivity index (χ1) is 13.8. The van der Waals surface area contributed by atoms with E-state index in [4.69, 9.17) is 4.74 Å². The Labute approximate surface area is 163 Å². The normalized spacial score (nSPS) is 21.9. The van der Waals surface area contributed by atoms with Gasteiger partial charge in [0.05, 0.1) is 7.11 Å². The SMILES string of the molecule is COC(=O)C(c1cccc(-c2nn[nH]n2)c1)N1CCC(CC2(C(F)(F)F)N=N2)C1. The third-order valence-electron chi connectivity index (χ3n) is 5.28. The molecule has 0 bridgehead atoms. The average Bonchev–Trinajstić information content (AvgIpc) is 3.09. The number of nitrogens with zero attached hydrogens (tertiary/aromatic N) is 6. The van der Waals surface area contributed by atoms with E-state index in [0.29, 0.717) is 36.5 Å². The number of rotatable bonds is 6. The summed E-state index contributed by atoms with van der Waals surface area (Å²) in [6.45, 7) is 0.778. The Kier molecular flexibility index (Phi) is 4.81. The fourth-order valence-electron chi connectivity index (χ4n) is 3.78. The standard InChI is InChI=1S/C17H18F3N7O2/c1-29-15(28)13(11-3-2-4-12(7-11)14-21-25-26-22-14)27-6-5-10(9-27)8-16(23-24-16)17(18,19)20/h2-4,7,10,13H,5-6,8-9H2,1H3,(H,21,22,25,26). The van der Waals surface area contributed by atoms with Crippen molar-refractivity contribution in [3.63, 3.8) is 0 Å². The maximum atomic E-state index is 13.1. The fourth-order valence-corrected chi connectivity index (χ4v) is 3.78. The number of benzene rings is 1. The second-order valence-electron chi connectivity index (χ2n) is 7.15. The zero-order valence-corrected chi connectivity index (χ0v) is 15.4. The predicted molar refractivity (Wildman–Crippen MR) is 92.3 cm³/mol. The van der Waals surface area contributed by atoms with Gasteiger partial charge in [-0.2, -0.15) is 18.4 Å². The molecule has 4 rings (SSSR count). The highest BCUT2D eigenvalue weighted by Gasteiger charge is 2.64. The molecule has 1 fully saturated rings. The lowest BCUT2D eigenvalue weighted by Crippen LogP contribution is -2.36. The van der Waals surface area contributed by atoms with Gasteiger partial charge in [0.2, 0.25) is 5.82 Å². The number of ether oxygens (including phenoxy) is 1. The van der Waals surface area contributed by atoms with Gasteiger partial charge in [-0.05, 0) is 35.7 Å². The molecule has 0 amide bonds. The van der Waals surface area contributed by atoms with Crippen LogP contribution >= 0.6 is 0 Å². The molecule has 154 valence electrons. The topological polar surface area (TPSA) is 109 Å². The average molecular weight is 409 g/mol. The molecule has 1 N–H and O–H groups in total. The van der Waals surface area contributed by atoms with Crippen molar-refractivity contribution in [1.82, 2.24) is 25.5 Å². The minimum atomic E-state index is -4.49. The summed E-state index contributed by atoms with van der Waals surface area (Å²) in [5, 5.41) is 20.3. The van der Waals surface area contributed by atoms with E-state index >= 15 is 0 Å². The van der Waals surface area contributed by atoms with Gasteiger partial charge < -0.3 is 4.74 Å². The van der Waals surface area contributed by atoms with Gasteiger partial charge in [0.25, 0.3) is 5.66 Å². The van der Waals surface area contributed by atoms with Crippen LogP contribution in [-0.2, 0) is 9.53 Å². The summed E-state index contributed by atoms with van der Waals surface area (Å²) in [6, 6.07) is 6.31. The summed E-state index contributed by atoms with van der Waals surface area (Å²) in [5.41, 5.74) is -0.967. The molecule has 1 aromatic carbocycles. The van der Waals surface area contributed by atoms with Crippen molar-refractivity contribution in [2.24, 2.45) is 16.1 Å². The molecule has 2 atom stereocenters. The van der Waals surface area contributed by atoms with Crippen LogP contribution in [0, 0.1) is 5.92 Å². The van der Waals surface area contributed by atoms with Crippen LogP contribution in [0.5, 0.6) is 0 Å². The summed E-state index contributed by atoms with van der Waals surface area (Å²) in [6.07, 6.45) is -4.17. The van der Waals surface area contributed by atoms with E-state index in [-0.39, 0.29) is 12.3 Å². The third kappa shape index (κ3) is 3.71. The van der Waals surface area contributed by atoms with Gasteiger partial charge in [-0.3, -0.25) is 4.90 Å². The van der Waals surface area contributed by atoms with Gasteiger partial charge in [-0.1, -0.05) is 18.2 Å². The number of hydrogen-bond donors (Lipinski definition) is 1. The Hall–Kier alpha value is -2.89. The molecule has 1 aromatic heterocycles. The number of nitrogens with one attached hydrogen (secondary N) is 1. The van der Waals surface area contributed by atoms with E-state index in [2.05, 4.69) is 30.9 Å². The fraction of sp³-hybridized carbons (Fsp3) is 0.529. The summed E-state index contributed by atoms with van der Waals surface area (Å²) < 4.78 is 44.4. The Bertz CT molecular complexity index is 910. The van der Waals surface area contributed by atoms with Crippen LogP contribution in [0.3, 0.4) is 0 Å². The number of aromatic amines is 1. The third-order valence-corrected chi connectivity index (χ3v) is 5.28. The summed E-state index contributed by atoms with van der Waals surface area (Å²) >= 11 is 0. The molecular formula is C17H18F3N7O2. The van der Waals surface area contributed by atoms with Crippen molar-refractivity contribution in [3.8, 4) is 11.4 Å². The van der Waals surface area contributed by atoms with Crippen LogP contribution in [0.15, 0.2) is 34.5 Å². The van der Waals surface area contributed by atoms with Crippen LogP contribution < -0.4 is 0 Å². The van der Waals surface area contributed by atoms with Crippen LogP contribution in [0.2, 0.25) is 0 Å². The second-order valence-corrected chi connectivity index (χ2v) is 7.15. The number of tetrazole rings is 1. The zero-order chi connectivity index (χ0) is 20.6. The Morgan fingerprint density at radius 3 is 2.83 bits per heavy atom. The predicted octanol–water partition coefficient (Wildman–Crippen LogP) is 2.52. The van der Waals surface area contributed by atoms with E-state index < -0.39 is 23.9 Å². The molecule has 29 heavy (non-hydrogen) atoms. The molecule has 2 unspecified atom stereocenters. The van der Waals surface area contributed by atoms with Crippen LogP contribution in [-0.4, -0.2) is 63.5 Å². The number of esters is 1. The first kappa shape index (κ1) is 19.4. The highest BCUT2D eigenvalue weighted by Crippen LogP contribution is 2.49. The van der Waals surface area contributed by atoms with E-state index in [1.165, 1.54) is 7.11 Å². The molecule has 0 aliphatic carbocycles. The van der Waals surface area contributed by atoms with E-state index in [9.17, 15) is 18.0 Å². The van der Waals surface area contributed by atoms with Gasteiger partial charge in [0, 0.05) is 18.5 Å². The molecule has 2 aromatic rings. The largest absolute Gasteiger partial charge is 0.468 e. The molecule has 3 heterocycles. The summed E-state index contributed by atoms with van der Waals surface area (Å²) in [7, 11) is 1.28. The number of likely N-dealkylation sites (tertiary alicyclic amines) is 1. The molecule has 9 nitrogen and oxygen atoms in total. The van der Waals surface area contributed by atoms with Gasteiger partial charge in [-0.15, -0.1) is 20.4 Å². The lowest BCUT2D eigenvalue weighted by atomic mass is 9.96. The Balaban J connectivity index is 1.53. The van der Waals surface area contributed by atoms with E-state index in [0.717, 1.165) is 0 Å². The van der Waals surface area contributed by atoms with Crippen molar-refractivity contribution in [2.75, 3.05) is 20.2 Å². The van der Waals surface area contributed by atoms with Crippen molar-refractivity contribution in [3.05, 3.63) is 29.8 Å². The van der Waals surface area contributed by atoms with Crippen LogP contribution in [0.1, 0.15) is 24.4 Å². The minimum absolute atomic E-state index is 0.205. The maximum Gasteiger partial charge on any atom is 0.437 e. The monoisotopic (exact) mass is 409 g/mol. The van der Waals surface area contributed by atoms with Crippen molar-refractivity contribution >= 4 is 5.97 Å². The van der Waals surface area contributed by atoms with Crippen molar-refractivity contribution in [2.45, 2.75) is 30.7 Å². The number of carbonyl (C=O) groups is 1. The lowest BCUT2D eigenvalue weighted by Gasteiger charge is -2.26. The Morgan fingerprint density at radius 1 is 1.41 bits per heavy atom. The molecule has 2 aliphatic heterocycles. The number of methoxy groups -OCH3 is 1. The molecule has 1 saturated heterocycles. The summed E-state index contributed by atoms with van der Waals surface area (Å²) in [4.78, 5) is 14.4. The van der Waals surface area contributed by atoms with Gasteiger partial charge in [0.15, 0.2) is 0 Å². The zero-order valence-electron chi connectivity index (χ0n) is 15.4. The number of H-pyrrole nitrogens is 1. The van der Waals surface area contributed by atoms with Gasteiger partial charge >= 0.3 is 12.1 Å². The Morgan fingerprint density at radius 2 is 2.21 bits per heavy atom. The van der Waals surface area contributed by atoms with Gasteiger partial charge in [0.1, 0.15) is 6.04 Å². The lowest BCUT2D eigenvalue weighted by molar-refractivity contribution is -0.167. The molecule has 12 heteroatoms. The second kappa shape index (κ2) is 7.17. The smallest absolute Gasteiger partial charge is 0.437 e. The van der Waals surface area contributed by atoms with Crippen molar-refractivity contribution in [1.29, 1.82) is 0 Å². The van der Waals surface area contributed by atoms with E-state index in [1.807, 2.05) is 4.90 Å². The number of alkyl halides is 3. The highest BCUT2D eigenvalue weighted by molar-refractivity contribution is 5.78. The maximum absolute atomic E-state index is 13.1. The van der Waals surface area contributed by atoms with Crippen LogP contribution in [0.4, 0.5) is 13.2 Å². The quantitative estimate of drug-likeness (QED) is 0.735.